The van der Waals surface area contributed by atoms with Crippen molar-refractivity contribution >= 4 is 29.0 Å². The number of nitrogens with one attached hydrogen (secondary N) is 1. The molecule has 1 atom stereocenters. The Morgan fingerprint density at radius 1 is 0.942 bits per heavy atom. The second kappa shape index (κ2) is 15.1. The number of Topliss-reactive ketones (excluding diaryl/α,β-unsaturated/α-hetero) is 1. The van der Waals surface area contributed by atoms with Gasteiger partial charge in [0.25, 0.3) is 0 Å². The van der Waals surface area contributed by atoms with Crippen molar-refractivity contribution in [2.45, 2.75) is 71.1 Å². The number of rotatable bonds is 8. The molecule has 2 fully saturated rings. The Kier molecular flexibility index (Phi) is 10.3. The molecule has 0 saturated carbocycles. The van der Waals surface area contributed by atoms with E-state index >= 15 is 4.39 Å². The average molecular weight is 711 g/mol. The summed E-state index contributed by atoms with van der Waals surface area (Å²) in [7, 11) is 0. The summed E-state index contributed by atoms with van der Waals surface area (Å²) in [5, 5.41) is 14.4. The van der Waals surface area contributed by atoms with Crippen LogP contribution in [0.3, 0.4) is 0 Å². The Hall–Kier alpha value is -4.74. The molecule has 3 aromatic carbocycles. The molecule has 274 valence electrons. The number of aromatic hydroxyl groups is 1. The Labute approximate surface area is 304 Å². The van der Waals surface area contributed by atoms with Crippen LogP contribution < -0.4 is 15.0 Å². The lowest BCUT2D eigenvalue weighted by atomic mass is 9.73. The van der Waals surface area contributed by atoms with Crippen LogP contribution in [0, 0.1) is 11.2 Å². The number of halogens is 1. The summed E-state index contributed by atoms with van der Waals surface area (Å²) < 4.78 is 27.9. The number of likely N-dealkylation sites (tertiary alicyclic amines) is 1. The maximum absolute atomic E-state index is 16.5. The van der Waals surface area contributed by atoms with E-state index in [-0.39, 0.29) is 60.1 Å². The lowest BCUT2D eigenvalue weighted by molar-refractivity contribution is -0.135. The fourth-order valence-corrected chi connectivity index (χ4v) is 8.09. The number of hydrogen-bond donors (Lipinski definition) is 2. The Morgan fingerprint density at radius 2 is 1.67 bits per heavy atom. The van der Waals surface area contributed by atoms with Crippen LogP contribution in [0.2, 0.25) is 0 Å². The molecule has 11 heteroatoms. The highest BCUT2D eigenvalue weighted by atomic mass is 19.1. The molecule has 1 unspecified atom stereocenters. The molecule has 52 heavy (non-hydrogen) atoms. The van der Waals surface area contributed by atoms with Crippen LogP contribution in [0.25, 0.3) is 0 Å². The van der Waals surface area contributed by atoms with Crippen molar-refractivity contribution in [3.63, 3.8) is 0 Å². The predicted octanol–water partition coefficient (Wildman–Crippen LogP) is 6.36. The monoisotopic (exact) mass is 710 g/mol. The molecule has 2 saturated heterocycles. The van der Waals surface area contributed by atoms with Crippen LogP contribution in [0.1, 0.15) is 69.5 Å². The number of carbonyl (C=O) groups is 3. The van der Waals surface area contributed by atoms with Gasteiger partial charge in [0.2, 0.25) is 11.8 Å². The van der Waals surface area contributed by atoms with E-state index in [1.807, 2.05) is 49.1 Å². The number of fused-ring (bicyclic) bond motifs is 1. The summed E-state index contributed by atoms with van der Waals surface area (Å²) in [6.45, 7) is 8.71. The smallest absolute Gasteiger partial charge is 0.228 e. The van der Waals surface area contributed by atoms with Gasteiger partial charge in [0.05, 0.1) is 24.9 Å². The largest absolute Gasteiger partial charge is 0.506 e. The number of phenols is 1. The van der Waals surface area contributed by atoms with Crippen LogP contribution in [-0.4, -0.2) is 77.9 Å². The Bertz CT molecular complexity index is 1850. The van der Waals surface area contributed by atoms with Crippen molar-refractivity contribution in [1.82, 2.24) is 9.80 Å². The maximum atomic E-state index is 16.5. The predicted molar refractivity (Wildman–Crippen MR) is 195 cm³/mol. The van der Waals surface area contributed by atoms with Crippen LogP contribution >= 0.6 is 0 Å². The number of nitrogens with zero attached hydrogens (tertiary/aromatic N) is 3. The van der Waals surface area contributed by atoms with Gasteiger partial charge in [0, 0.05) is 74.4 Å². The van der Waals surface area contributed by atoms with E-state index in [2.05, 4.69) is 10.2 Å². The summed E-state index contributed by atoms with van der Waals surface area (Å²) in [6, 6.07) is 18.1. The van der Waals surface area contributed by atoms with E-state index in [9.17, 15) is 19.5 Å². The van der Waals surface area contributed by atoms with Gasteiger partial charge in [0.15, 0.2) is 5.78 Å². The van der Waals surface area contributed by atoms with Crippen molar-refractivity contribution < 1.29 is 33.4 Å². The van der Waals surface area contributed by atoms with Crippen molar-refractivity contribution in [2.75, 3.05) is 49.6 Å². The van der Waals surface area contributed by atoms with Crippen molar-refractivity contribution in [3.8, 4) is 11.5 Å². The fourth-order valence-electron chi connectivity index (χ4n) is 8.09. The molecule has 3 aliphatic heterocycles. The first-order chi connectivity index (χ1) is 25.1. The highest BCUT2D eigenvalue weighted by Gasteiger charge is 2.44. The van der Waals surface area contributed by atoms with E-state index in [1.54, 1.807) is 24.3 Å². The van der Waals surface area contributed by atoms with Crippen LogP contribution in [0.15, 0.2) is 78.0 Å². The van der Waals surface area contributed by atoms with Crippen LogP contribution in [0.5, 0.6) is 11.5 Å². The minimum Gasteiger partial charge on any atom is -0.506 e. The minimum atomic E-state index is -1.15. The number of amides is 2. The maximum Gasteiger partial charge on any atom is 0.228 e. The first-order valence-electron chi connectivity index (χ1n) is 18.3. The third-order valence-electron chi connectivity index (χ3n) is 10.7. The van der Waals surface area contributed by atoms with Gasteiger partial charge in [-0.05, 0) is 54.5 Å². The third kappa shape index (κ3) is 7.56. The number of anilines is 2. The van der Waals surface area contributed by atoms with Gasteiger partial charge >= 0.3 is 0 Å². The summed E-state index contributed by atoms with van der Waals surface area (Å²) in [4.78, 5) is 47.9. The quantitative estimate of drug-likeness (QED) is 0.260. The number of para-hydroxylation sites is 1. The molecular formula is C41H47FN4O6. The SMILES string of the molecule is CC1(C)CC(=O)C2=C(C1)Nc1c(O)cccc1N(C(=O)CCC(=O)N1CCC(N3CCOCC3)CC1)C2c1ccc(OCc2ccccc2)cc1F. The van der Waals surface area contributed by atoms with E-state index in [0.29, 0.717) is 42.7 Å². The van der Waals surface area contributed by atoms with E-state index in [0.717, 1.165) is 44.7 Å². The van der Waals surface area contributed by atoms with Gasteiger partial charge in [0.1, 0.15) is 29.6 Å². The zero-order valence-electron chi connectivity index (χ0n) is 29.9. The van der Waals surface area contributed by atoms with E-state index in [4.69, 9.17) is 9.47 Å². The summed E-state index contributed by atoms with van der Waals surface area (Å²) in [5.74, 6) is -1.22. The summed E-state index contributed by atoms with van der Waals surface area (Å²) in [6.07, 6.45) is 2.19. The number of hydrogen-bond acceptors (Lipinski definition) is 8. The Morgan fingerprint density at radius 3 is 2.40 bits per heavy atom. The van der Waals surface area contributed by atoms with Crippen LogP contribution in [0.4, 0.5) is 15.8 Å². The number of allylic oxidation sites excluding steroid dienone is 1. The van der Waals surface area contributed by atoms with Crippen LogP contribution in [-0.2, 0) is 25.7 Å². The lowest BCUT2D eigenvalue weighted by Crippen LogP contribution is -2.50. The molecule has 1 aliphatic carbocycles. The highest BCUT2D eigenvalue weighted by Crippen LogP contribution is 2.51. The number of ketones is 1. The van der Waals surface area contributed by atoms with Crippen molar-refractivity contribution in [3.05, 3.63) is 94.9 Å². The molecule has 3 heterocycles. The minimum absolute atomic E-state index is 0.0342. The van der Waals surface area contributed by atoms with E-state index < -0.39 is 23.2 Å². The van der Waals surface area contributed by atoms with E-state index in [1.165, 1.54) is 17.0 Å². The number of phenolic OH excluding ortho intramolecular Hbond substituents is 1. The van der Waals surface area contributed by atoms with Gasteiger partial charge in [-0.1, -0.05) is 50.2 Å². The number of morpholine rings is 1. The Balaban J connectivity index is 1.18. The molecule has 7 rings (SSSR count). The average Bonchev–Trinajstić information content (AvgIpc) is 3.28. The molecule has 0 spiro atoms. The lowest BCUT2D eigenvalue weighted by Gasteiger charge is -2.40. The molecule has 0 bridgehead atoms. The number of piperidine rings is 1. The fraction of sp³-hybridized carbons (Fsp3) is 0.439. The first kappa shape index (κ1) is 35.7. The summed E-state index contributed by atoms with van der Waals surface area (Å²) >= 11 is 0. The van der Waals surface area contributed by atoms with Crippen molar-refractivity contribution in [1.29, 1.82) is 0 Å². The normalized spacial score (nSPS) is 20.8. The first-order valence-corrected chi connectivity index (χ1v) is 18.3. The molecule has 2 amide bonds. The topological polar surface area (TPSA) is 112 Å². The van der Waals surface area contributed by atoms with Crippen molar-refractivity contribution in [2.24, 2.45) is 5.41 Å². The van der Waals surface area contributed by atoms with Gasteiger partial charge in [-0.2, -0.15) is 0 Å². The zero-order valence-corrected chi connectivity index (χ0v) is 29.9. The highest BCUT2D eigenvalue weighted by molar-refractivity contribution is 6.07. The number of ether oxygens (including phenoxy) is 2. The number of carbonyl (C=O) groups excluding carboxylic acids is 3. The second-order valence-electron chi connectivity index (χ2n) is 15.0. The molecule has 0 radical (unpaired) electrons. The molecule has 4 aliphatic rings. The molecule has 2 N–H and O–H groups in total. The van der Waals surface area contributed by atoms with Gasteiger partial charge < -0.3 is 24.8 Å². The molecular weight excluding hydrogens is 663 g/mol. The molecule has 3 aromatic rings. The molecule has 0 aromatic heterocycles. The molecule has 10 nitrogen and oxygen atoms in total. The van der Waals surface area contributed by atoms with Gasteiger partial charge in [-0.25, -0.2) is 4.39 Å². The third-order valence-corrected chi connectivity index (χ3v) is 10.7. The standard InChI is InChI=1S/C41H47FN4O6/c1-41(2)24-32-38(35(48)25-41)40(30-12-11-29(23-31(30)42)52-26-27-7-4-3-5-8-27)46(33-9-6-10-34(47)39(33)43-32)37(50)14-13-36(49)45-17-15-28(16-18-45)44-19-21-51-22-20-44/h3-12,23,28,40,43,47H,13-22,24-26H2,1-2H3. The van der Waals surface area contributed by atoms with Gasteiger partial charge in [-0.3, -0.25) is 24.2 Å². The zero-order chi connectivity index (χ0) is 36.4. The second-order valence-corrected chi connectivity index (χ2v) is 15.0. The summed E-state index contributed by atoms with van der Waals surface area (Å²) in [5.41, 5.74) is 2.01. The van der Waals surface area contributed by atoms with Gasteiger partial charge in [-0.15, -0.1) is 0 Å². The number of benzene rings is 3.